The fraction of sp³-hybridized carbons (Fsp3) is 0.345. The van der Waals surface area contributed by atoms with Crippen molar-refractivity contribution in [3.63, 3.8) is 0 Å². The van der Waals surface area contributed by atoms with E-state index in [4.69, 9.17) is 4.74 Å². The van der Waals surface area contributed by atoms with Crippen molar-refractivity contribution >= 4 is 34.3 Å². The predicted octanol–water partition coefficient (Wildman–Crippen LogP) is 4.45. The van der Waals surface area contributed by atoms with E-state index in [1.54, 1.807) is 42.6 Å². The van der Waals surface area contributed by atoms with Gasteiger partial charge in [-0.3, -0.25) is 19.2 Å². The molecule has 2 amide bonds. The first-order valence-electron chi connectivity index (χ1n) is 13.0. The van der Waals surface area contributed by atoms with Crippen LogP contribution in [0, 0.1) is 0 Å². The number of rotatable bonds is 4. The molecule has 39 heavy (non-hydrogen) atoms. The first-order chi connectivity index (χ1) is 18.6. The smallest absolute Gasteiger partial charge is 0.407 e. The van der Waals surface area contributed by atoms with Crippen molar-refractivity contribution in [1.82, 2.24) is 25.3 Å². The number of hydrogen-bond acceptors (Lipinski definition) is 6. The van der Waals surface area contributed by atoms with Crippen LogP contribution in [0.2, 0.25) is 0 Å². The lowest BCUT2D eigenvalue weighted by Crippen LogP contribution is -2.44. The number of para-hydroxylation sites is 1. The van der Waals surface area contributed by atoms with E-state index in [0.29, 0.717) is 22.3 Å². The summed E-state index contributed by atoms with van der Waals surface area (Å²) in [6.45, 7) is 5.42. The average Bonchev–Trinajstić information content (AvgIpc) is 3.36. The number of hydrogen-bond donors (Lipinski definition) is 2. The Morgan fingerprint density at radius 3 is 2.62 bits per heavy atom. The normalized spacial score (nSPS) is 15.9. The van der Waals surface area contributed by atoms with Crippen molar-refractivity contribution in [3.8, 4) is 11.1 Å². The lowest BCUT2D eigenvalue weighted by Gasteiger charge is -2.37. The number of alkyl carbamates (subject to hydrolysis) is 1. The van der Waals surface area contributed by atoms with Gasteiger partial charge in [-0.25, -0.2) is 9.89 Å². The van der Waals surface area contributed by atoms with Crippen LogP contribution in [0.15, 0.2) is 53.5 Å². The van der Waals surface area contributed by atoms with E-state index >= 15 is 0 Å². The number of anilines is 2. The summed E-state index contributed by atoms with van der Waals surface area (Å²) in [6, 6.07) is 13.4. The highest BCUT2D eigenvalue weighted by atomic mass is 16.6. The molecule has 0 unspecified atom stereocenters. The monoisotopic (exact) mass is 526 g/mol. The third kappa shape index (κ3) is 3.98. The minimum absolute atomic E-state index is 0.0616. The summed E-state index contributed by atoms with van der Waals surface area (Å²) >= 11 is 0. The molecule has 0 atom stereocenters. The Hall–Kier alpha value is -4.47. The van der Waals surface area contributed by atoms with Crippen molar-refractivity contribution in [2.75, 3.05) is 4.90 Å². The van der Waals surface area contributed by atoms with Crippen LogP contribution >= 0.6 is 0 Å². The summed E-state index contributed by atoms with van der Waals surface area (Å²) in [5.41, 5.74) is 2.52. The quantitative estimate of drug-likeness (QED) is 0.405. The highest BCUT2D eigenvalue weighted by Crippen LogP contribution is 2.56. The summed E-state index contributed by atoms with van der Waals surface area (Å²) in [5, 5.41) is 15.0. The third-order valence-electron chi connectivity index (χ3n) is 7.58. The molecule has 2 aromatic carbocycles. The van der Waals surface area contributed by atoms with E-state index in [9.17, 15) is 14.4 Å². The van der Waals surface area contributed by atoms with Gasteiger partial charge in [-0.15, -0.1) is 0 Å². The lowest BCUT2D eigenvalue weighted by atomic mass is 9.65. The maximum absolute atomic E-state index is 13.9. The molecule has 1 aliphatic carbocycles. The number of aryl methyl sites for hydroxylation is 1. The van der Waals surface area contributed by atoms with Crippen LogP contribution in [0.3, 0.4) is 0 Å². The molecular formula is C29H30N6O4. The maximum Gasteiger partial charge on any atom is 0.407 e. The number of fused-ring (bicyclic) bond motifs is 3. The zero-order chi connectivity index (χ0) is 27.5. The van der Waals surface area contributed by atoms with Crippen LogP contribution in [0.25, 0.3) is 21.9 Å². The summed E-state index contributed by atoms with van der Waals surface area (Å²) < 4.78 is 7.05. The van der Waals surface area contributed by atoms with Gasteiger partial charge in [0.15, 0.2) is 0 Å². The molecule has 0 bridgehead atoms. The Balaban J connectivity index is 1.42. The van der Waals surface area contributed by atoms with Gasteiger partial charge < -0.3 is 10.1 Å². The van der Waals surface area contributed by atoms with Gasteiger partial charge in [0.2, 0.25) is 5.91 Å². The molecule has 2 aliphatic rings. The van der Waals surface area contributed by atoms with Crippen molar-refractivity contribution in [1.29, 1.82) is 0 Å². The van der Waals surface area contributed by atoms with E-state index in [1.807, 2.05) is 37.4 Å². The molecule has 2 aromatic heterocycles. The molecule has 1 fully saturated rings. The minimum atomic E-state index is -0.641. The van der Waals surface area contributed by atoms with Gasteiger partial charge in [-0.05, 0) is 62.9 Å². The molecule has 2 N–H and O–H groups in total. The Kier molecular flexibility index (Phi) is 5.60. The molecule has 0 saturated heterocycles. The van der Waals surface area contributed by atoms with Crippen molar-refractivity contribution in [2.24, 2.45) is 7.05 Å². The molecule has 4 aromatic rings. The molecule has 0 radical (unpaired) electrons. The number of carbonyl (C=O) groups is 2. The molecule has 3 heterocycles. The number of H-pyrrole nitrogens is 1. The Bertz CT molecular complexity index is 1690. The largest absolute Gasteiger partial charge is 0.444 e. The number of carbonyl (C=O) groups excluding carboxylic acids is 2. The topological polar surface area (TPSA) is 122 Å². The van der Waals surface area contributed by atoms with E-state index in [-0.39, 0.29) is 18.0 Å². The minimum Gasteiger partial charge on any atom is -0.444 e. The third-order valence-corrected chi connectivity index (χ3v) is 7.58. The molecule has 1 spiro atoms. The second-order valence-corrected chi connectivity index (χ2v) is 11.2. The van der Waals surface area contributed by atoms with E-state index in [1.165, 1.54) is 0 Å². The van der Waals surface area contributed by atoms with Crippen LogP contribution in [0.1, 0.15) is 51.3 Å². The van der Waals surface area contributed by atoms with Crippen molar-refractivity contribution in [2.45, 2.75) is 57.6 Å². The average molecular weight is 527 g/mol. The van der Waals surface area contributed by atoms with E-state index < -0.39 is 17.1 Å². The second-order valence-electron chi connectivity index (χ2n) is 11.2. The molecule has 10 heteroatoms. The molecule has 6 rings (SSSR count). The highest BCUT2D eigenvalue weighted by Gasteiger charge is 2.55. The summed E-state index contributed by atoms with van der Waals surface area (Å²) in [6.07, 6.45) is 3.86. The van der Waals surface area contributed by atoms with Crippen LogP contribution in [-0.4, -0.2) is 37.6 Å². The van der Waals surface area contributed by atoms with Crippen LogP contribution in [0.4, 0.5) is 16.3 Å². The number of amides is 2. The van der Waals surface area contributed by atoms with E-state index in [2.05, 4.69) is 26.7 Å². The number of nitrogens with one attached hydrogen (secondary N) is 2. The first kappa shape index (κ1) is 24.8. The van der Waals surface area contributed by atoms with Crippen LogP contribution in [-0.2, 0) is 28.5 Å². The molecular weight excluding hydrogens is 496 g/mol. The molecule has 1 aliphatic heterocycles. The van der Waals surface area contributed by atoms with Gasteiger partial charge >= 0.3 is 6.09 Å². The number of aromatic nitrogens is 4. The number of nitrogens with zero attached hydrogens (tertiary/aromatic N) is 4. The fourth-order valence-corrected chi connectivity index (χ4v) is 5.63. The standard InChI is InChI=1S/C29H30N6O4/c1-28(2,3)39-27(38)30-16-22-19-14-17(10-11-18(19)24(36)33-32-22)20-15-31-34(4)25(20)35-23-9-6-5-8-21(23)29(26(35)37)12-7-13-29/h5-6,8-11,14-15H,7,12-13,16H2,1-4H3,(H,30,38)(H,33,36). The maximum atomic E-state index is 13.9. The second kappa shape index (κ2) is 8.79. The molecule has 10 nitrogen and oxygen atoms in total. The van der Waals surface area contributed by atoms with Crippen molar-refractivity contribution < 1.29 is 14.3 Å². The van der Waals surface area contributed by atoms with Gasteiger partial charge in [0.1, 0.15) is 11.4 Å². The SMILES string of the molecule is Cn1ncc(-c2ccc3c(=O)[nH]nc(CNC(=O)OC(C)(C)C)c3c2)c1N1C(=O)C2(CCC2)c2ccccc21. The van der Waals surface area contributed by atoms with Gasteiger partial charge in [-0.1, -0.05) is 30.7 Å². The molecule has 1 saturated carbocycles. The van der Waals surface area contributed by atoms with Crippen LogP contribution < -0.4 is 15.8 Å². The predicted molar refractivity (Wildman–Crippen MR) is 147 cm³/mol. The Morgan fingerprint density at radius 2 is 1.90 bits per heavy atom. The van der Waals surface area contributed by atoms with Gasteiger partial charge in [0, 0.05) is 18.0 Å². The zero-order valence-electron chi connectivity index (χ0n) is 22.4. The Morgan fingerprint density at radius 1 is 1.13 bits per heavy atom. The number of aromatic amines is 1. The van der Waals surface area contributed by atoms with Gasteiger partial charge in [0.05, 0.1) is 34.9 Å². The highest BCUT2D eigenvalue weighted by molar-refractivity contribution is 6.14. The Labute approximate surface area is 225 Å². The van der Waals surface area contributed by atoms with E-state index in [0.717, 1.165) is 41.6 Å². The summed E-state index contributed by atoms with van der Waals surface area (Å²) in [7, 11) is 1.82. The van der Waals surface area contributed by atoms with Gasteiger partial charge in [0.25, 0.3) is 5.56 Å². The number of benzene rings is 2. The van der Waals surface area contributed by atoms with Gasteiger partial charge in [-0.2, -0.15) is 10.2 Å². The summed E-state index contributed by atoms with van der Waals surface area (Å²) in [5.74, 6) is 0.739. The zero-order valence-corrected chi connectivity index (χ0v) is 22.4. The first-order valence-corrected chi connectivity index (χ1v) is 13.0. The molecule has 200 valence electrons. The fourth-order valence-electron chi connectivity index (χ4n) is 5.63. The lowest BCUT2D eigenvalue weighted by molar-refractivity contribution is -0.125. The summed E-state index contributed by atoms with van der Waals surface area (Å²) in [4.78, 5) is 40.6. The van der Waals surface area contributed by atoms with Crippen molar-refractivity contribution in [3.05, 3.63) is 70.3 Å². The number of ether oxygens (including phenoxy) is 1. The van der Waals surface area contributed by atoms with Crippen LogP contribution in [0.5, 0.6) is 0 Å².